The monoisotopic (exact) mass is 397 g/mol. The first-order chi connectivity index (χ1) is 12.9. The number of nitrogens with one attached hydrogen (secondary N) is 1. The number of β-amino-alcohol motifs (C(OH)–C–C–N with tert-alkyl or cyclic N) is 1. The van der Waals surface area contributed by atoms with Crippen molar-refractivity contribution in [3.8, 4) is 0 Å². The van der Waals surface area contributed by atoms with Crippen LogP contribution in [0.1, 0.15) is 26.2 Å². The summed E-state index contributed by atoms with van der Waals surface area (Å²) in [5.74, 6) is 0.0452. The minimum atomic E-state index is -0.475. The molecule has 150 valence electrons. The van der Waals surface area contributed by atoms with Gasteiger partial charge in [0.25, 0.3) is 6.47 Å². The van der Waals surface area contributed by atoms with Crippen LogP contribution in [0.4, 0.5) is 5.69 Å². The van der Waals surface area contributed by atoms with E-state index in [0.717, 1.165) is 43.9 Å². The van der Waals surface area contributed by atoms with Crippen LogP contribution >= 0.6 is 11.6 Å². The zero-order valence-electron chi connectivity index (χ0n) is 15.6. The molecule has 0 saturated carbocycles. The van der Waals surface area contributed by atoms with E-state index in [1.807, 2.05) is 12.1 Å². The molecule has 1 aromatic rings. The highest BCUT2D eigenvalue weighted by molar-refractivity contribution is 6.30. The summed E-state index contributed by atoms with van der Waals surface area (Å²) < 4.78 is 0. The maximum Gasteiger partial charge on any atom is 0.290 e. The first kappa shape index (κ1) is 21.5. The molecule has 7 nitrogen and oxygen atoms in total. The van der Waals surface area contributed by atoms with Crippen molar-refractivity contribution < 1.29 is 19.8 Å². The van der Waals surface area contributed by atoms with E-state index in [1.54, 1.807) is 11.8 Å². The van der Waals surface area contributed by atoms with Crippen molar-refractivity contribution in [3.63, 3.8) is 0 Å². The van der Waals surface area contributed by atoms with Crippen LogP contribution in [0.15, 0.2) is 24.3 Å². The second-order valence-electron chi connectivity index (χ2n) is 6.94. The predicted octanol–water partition coefficient (Wildman–Crippen LogP) is 1.58. The van der Waals surface area contributed by atoms with Gasteiger partial charge in [0.2, 0.25) is 5.91 Å². The van der Waals surface area contributed by atoms with Crippen LogP contribution in [0.5, 0.6) is 0 Å². The van der Waals surface area contributed by atoms with Gasteiger partial charge in [-0.25, -0.2) is 0 Å². The van der Waals surface area contributed by atoms with E-state index >= 15 is 0 Å². The van der Waals surface area contributed by atoms with Crippen LogP contribution in [0.25, 0.3) is 0 Å². The van der Waals surface area contributed by atoms with Gasteiger partial charge in [0.1, 0.15) is 0 Å². The molecule has 0 aliphatic carbocycles. The van der Waals surface area contributed by atoms with Gasteiger partial charge < -0.3 is 25.3 Å². The van der Waals surface area contributed by atoms with Crippen LogP contribution in [-0.2, 0) is 9.59 Å². The molecule has 2 aliphatic heterocycles. The van der Waals surface area contributed by atoms with E-state index < -0.39 is 6.10 Å². The molecule has 0 spiro atoms. The van der Waals surface area contributed by atoms with Crippen molar-refractivity contribution in [3.05, 3.63) is 29.3 Å². The first-order valence-electron chi connectivity index (χ1n) is 9.22. The number of aliphatic hydroxyl groups is 1. The average molecular weight is 398 g/mol. The Labute approximate surface area is 164 Å². The summed E-state index contributed by atoms with van der Waals surface area (Å²) in [7, 11) is 0. The van der Waals surface area contributed by atoms with Gasteiger partial charge in [-0.15, -0.1) is 0 Å². The lowest BCUT2D eigenvalue weighted by Crippen LogP contribution is -2.57. The van der Waals surface area contributed by atoms with Crippen LogP contribution in [0, 0.1) is 0 Å². The first-order valence-corrected chi connectivity index (χ1v) is 9.60. The molecule has 0 radical (unpaired) electrons. The molecule has 27 heavy (non-hydrogen) atoms. The molecular weight excluding hydrogens is 370 g/mol. The molecule has 0 aromatic heterocycles. The molecule has 3 N–H and O–H groups in total. The number of anilines is 1. The van der Waals surface area contributed by atoms with Crippen LogP contribution in [-0.4, -0.2) is 71.9 Å². The average Bonchev–Trinajstić information content (AvgIpc) is 2.65. The third-order valence-corrected chi connectivity index (χ3v) is 5.42. The number of hydrogen-bond acceptors (Lipinski definition) is 5. The molecule has 0 bridgehead atoms. The van der Waals surface area contributed by atoms with E-state index in [0.29, 0.717) is 12.6 Å². The van der Waals surface area contributed by atoms with Gasteiger partial charge in [0, 0.05) is 55.9 Å². The van der Waals surface area contributed by atoms with Gasteiger partial charge in [0.15, 0.2) is 0 Å². The smallest absolute Gasteiger partial charge is 0.290 e. The van der Waals surface area contributed by atoms with Gasteiger partial charge in [-0.2, -0.15) is 0 Å². The van der Waals surface area contributed by atoms with E-state index in [4.69, 9.17) is 21.5 Å². The van der Waals surface area contributed by atoms with E-state index in [-0.39, 0.29) is 18.4 Å². The van der Waals surface area contributed by atoms with Crippen molar-refractivity contribution in [2.24, 2.45) is 0 Å². The minimum absolute atomic E-state index is 0.0452. The summed E-state index contributed by atoms with van der Waals surface area (Å²) in [6.07, 6.45) is 2.46. The number of aliphatic hydroxyl groups excluding tert-OH is 1. The van der Waals surface area contributed by atoms with Crippen molar-refractivity contribution in [1.29, 1.82) is 0 Å². The Bertz CT molecular complexity index is 605. The zero-order chi connectivity index (χ0) is 19.8. The fraction of sp³-hybridized carbons (Fsp3) is 0.579. The lowest BCUT2D eigenvalue weighted by molar-refractivity contribution is -0.132. The summed E-state index contributed by atoms with van der Waals surface area (Å²) in [6, 6.07) is 8.51. The van der Waals surface area contributed by atoms with Gasteiger partial charge in [-0.3, -0.25) is 9.59 Å². The molecular formula is C19H28ClN3O4. The Morgan fingerprint density at radius 3 is 2.30 bits per heavy atom. The number of amides is 1. The normalized spacial score (nSPS) is 23.4. The molecule has 1 amide bonds. The second-order valence-corrected chi connectivity index (χ2v) is 7.37. The Morgan fingerprint density at radius 2 is 1.78 bits per heavy atom. The molecule has 3 rings (SSSR count). The van der Waals surface area contributed by atoms with Gasteiger partial charge >= 0.3 is 0 Å². The summed E-state index contributed by atoms with van der Waals surface area (Å²) in [5, 5.41) is 21.6. The zero-order valence-corrected chi connectivity index (χ0v) is 16.3. The van der Waals surface area contributed by atoms with Crippen LogP contribution < -0.4 is 10.2 Å². The van der Waals surface area contributed by atoms with Crippen molar-refractivity contribution in [1.82, 2.24) is 10.2 Å². The number of nitrogens with zero attached hydrogens (tertiary/aromatic N) is 2. The summed E-state index contributed by atoms with van der Waals surface area (Å²) in [4.78, 5) is 23.9. The number of piperidine rings is 2. The fourth-order valence-electron chi connectivity index (χ4n) is 3.67. The predicted molar refractivity (Wildman–Crippen MR) is 105 cm³/mol. The topological polar surface area (TPSA) is 93.1 Å². The summed E-state index contributed by atoms with van der Waals surface area (Å²) >= 11 is 5.95. The molecule has 2 atom stereocenters. The van der Waals surface area contributed by atoms with Gasteiger partial charge in [0.05, 0.1) is 6.10 Å². The van der Waals surface area contributed by atoms with Crippen molar-refractivity contribution in [2.45, 2.75) is 44.4 Å². The fourth-order valence-corrected chi connectivity index (χ4v) is 3.80. The highest BCUT2D eigenvalue weighted by Gasteiger charge is 2.31. The standard InChI is InChI=1S/C18H26ClN3O2.CH2O2/c1-13(23)22-11-8-17(18(24)12-22)20-15-6-9-21(10-7-15)16-4-2-14(19)3-5-16;2-1-3/h2-5,15,17-18,20,24H,6-12H2,1H3;1H,(H,2,3)/t17-,18-;/m1./s1. The Hall–Kier alpha value is -1.83. The molecule has 8 heteroatoms. The molecule has 0 unspecified atom stereocenters. The number of halogens is 1. The Balaban J connectivity index is 0.000000817. The molecule has 1 aromatic carbocycles. The number of hydrogen-bond donors (Lipinski definition) is 3. The second kappa shape index (κ2) is 10.5. The third kappa shape index (κ3) is 6.37. The van der Waals surface area contributed by atoms with E-state index in [1.165, 1.54) is 5.69 Å². The third-order valence-electron chi connectivity index (χ3n) is 5.16. The largest absolute Gasteiger partial charge is 0.483 e. The number of carboxylic acid groups (broad SMARTS) is 1. The van der Waals surface area contributed by atoms with E-state index in [2.05, 4.69) is 22.3 Å². The van der Waals surface area contributed by atoms with Gasteiger partial charge in [-0.1, -0.05) is 11.6 Å². The number of likely N-dealkylation sites (tertiary alicyclic amines) is 1. The lowest BCUT2D eigenvalue weighted by Gasteiger charge is -2.40. The number of carbonyl (C=O) groups is 2. The van der Waals surface area contributed by atoms with E-state index in [9.17, 15) is 9.90 Å². The van der Waals surface area contributed by atoms with Crippen molar-refractivity contribution >= 4 is 29.7 Å². The summed E-state index contributed by atoms with van der Waals surface area (Å²) in [6.45, 7) is 4.49. The molecule has 2 saturated heterocycles. The number of rotatable bonds is 3. The molecule has 2 aliphatic rings. The van der Waals surface area contributed by atoms with Crippen LogP contribution in [0.2, 0.25) is 5.02 Å². The Kier molecular flexibility index (Phi) is 8.34. The number of carbonyl (C=O) groups excluding carboxylic acids is 1. The number of benzene rings is 1. The van der Waals surface area contributed by atoms with Gasteiger partial charge in [-0.05, 0) is 43.5 Å². The highest BCUT2D eigenvalue weighted by Crippen LogP contribution is 2.23. The lowest BCUT2D eigenvalue weighted by atomic mass is 9.97. The maximum absolute atomic E-state index is 11.4. The quantitative estimate of drug-likeness (QED) is 0.670. The SMILES string of the molecule is CC(=O)N1CC[C@@H](NC2CCN(c3ccc(Cl)cc3)CC2)[C@H](O)C1.O=CO. The molecule has 2 fully saturated rings. The highest BCUT2D eigenvalue weighted by atomic mass is 35.5. The Morgan fingerprint density at radius 1 is 1.19 bits per heavy atom. The maximum atomic E-state index is 11.4. The van der Waals surface area contributed by atoms with Crippen molar-refractivity contribution in [2.75, 3.05) is 31.1 Å². The minimum Gasteiger partial charge on any atom is -0.483 e. The molecule has 2 heterocycles. The summed E-state index contributed by atoms with van der Waals surface area (Å²) in [5.41, 5.74) is 1.22. The van der Waals surface area contributed by atoms with Crippen LogP contribution in [0.3, 0.4) is 0 Å².